The standard InChI is InChI=1S/C18H16BrClN4O/c1-11-9-15(7-8-17(11)19)24-18(25)16(12(2)23-24)10-21-22-14-5-3-13(20)4-6-14/h3-10,22-23H,1-2H3. The van der Waals surface area contributed by atoms with Gasteiger partial charge in [-0.05, 0) is 61.9 Å². The van der Waals surface area contributed by atoms with Crippen LogP contribution < -0.4 is 11.0 Å². The zero-order valence-corrected chi connectivity index (χ0v) is 16.0. The van der Waals surface area contributed by atoms with Crippen LogP contribution in [0.15, 0.2) is 56.8 Å². The van der Waals surface area contributed by atoms with E-state index in [0.29, 0.717) is 10.6 Å². The fourth-order valence-corrected chi connectivity index (χ4v) is 2.73. The molecule has 0 saturated carbocycles. The van der Waals surface area contributed by atoms with E-state index in [0.717, 1.165) is 27.1 Å². The largest absolute Gasteiger partial charge is 0.295 e. The average Bonchev–Trinajstić information content (AvgIpc) is 2.87. The van der Waals surface area contributed by atoms with Gasteiger partial charge in [0.2, 0.25) is 0 Å². The van der Waals surface area contributed by atoms with E-state index in [4.69, 9.17) is 11.6 Å². The summed E-state index contributed by atoms with van der Waals surface area (Å²) in [4.78, 5) is 12.7. The van der Waals surface area contributed by atoms with Gasteiger partial charge in [0, 0.05) is 15.2 Å². The number of aromatic nitrogens is 2. The first-order valence-corrected chi connectivity index (χ1v) is 8.75. The Bertz CT molecular complexity index is 989. The Morgan fingerprint density at radius 2 is 1.92 bits per heavy atom. The van der Waals surface area contributed by atoms with Crippen LogP contribution in [0.1, 0.15) is 16.8 Å². The monoisotopic (exact) mass is 418 g/mol. The fraction of sp³-hybridized carbons (Fsp3) is 0.111. The van der Waals surface area contributed by atoms with Gasteiger partial charge in [0.05, 0.1) is 23.2 Å². The van der Waals surface area contributed by atoms with E-state index >= 15 is 0 Å². The number of nitrogens with one attached hydrogen (secondary N) is 2. The lowest BCUT2D eigenvalue weighted by atomic mass is 10.2. The summed E-state index contributed by atoms with van der Waals surface area (Å²) in [5, 5.41) is 7.88. The summed E-state index contributed by atoms with van der Waals surface area (Å²) < 4.78 is 2.51. The number of hydrazone groups is 1. The molecule has 0 bridgehead atoms. The average molecular weight is 420 g/mol. The molecule has 0 radical (unpaired) electrons. The minimum Gasteiger partial charge on any atom is -0.295 e. The summed E-state index contributed by atoms with van der Waals surface area (Å²) in [5.41, 5.74) is 6.59. The first-order chi connectivity index (χ1) is 12.0. The molecule has 0 saturated heterocycles. The van der Waals surface area contributed by atoms with Gasteiger partial charge in [-0.3, -0.25) is 15.3 Å². The van der Waals surface area contributed by atoms with Crippen molar-refractivity contribution in [3.05, 3.63) is 79.1 Å². The molecule has 0 aliphatic rings. The Morgan fingerprint density at radius 1 is 1.20 bits per heavy atom. The van der Waals surface area contributed by atoms with Crippen molar-refractivity contribution < 1.29 is 0 Å². The van der Waals surface area contributed by atoms with E-state index in [1.54, 1.807) is 12.1 Å². The van der Waals surface area contributed by atoms with Crippen LogP contribution in [-0.2, 0) is 0 Å². The van der Waals surface area contributed by atoms with Gasteiger partial charge in [-0.15, -0.1) is 0 Å². The maximum Gasteiger partial charge on any atom is 0.280 e. The van der Waals surface area contributed by atoms with Gasteiger partial charge in [0.1, 0.15) is 0 Å². The maximum atomic E-state index is 12.7. The fourth-order valence-electron chi connectivity index (χ4n) is 2.36. The van der Waals surface area contributed by atoms with Crippen LogP contribution in [0.5, 0.6) is 0 Å². The highest BCUT2D eigenvalue weighted by Gasteiger charge is 2.11. The highest BCUT2D eigenvalue weighted by atomic mass is 79.9. The number of rotatable bonds is 4. The van der Waals surface area contributed by atoms with Crippen LogP contribution in [0.4, 0.5) is 5.69 Å². The number of benzene rings is 2. The molecule has 0 aliphatic heterocycles. The van der Waals surface area contributed by atoms with Crippen molar-refractivity contribution in [1.29, 1.82) is 0 Å². The predicted octanol–water partition coefficient (Wildman–Crippen LogP) is 4.64. The topological polar surface area (TPSA) is 62.2 Å². The molecule has 5 nitrogen and oxygen atoms in total. The zero-order valence-electron chi connectivity index (χ0n) is 13.7. The van der Waals surface area contributed by atoms with Crippen molar-refractivity contribution in [3.63, 3.8) is 0 Å². The number of anilines is 1. The summed E-state index contributed by atoms with van der Waals surface area (Å²) in [7, 11) is 0. The second-order valence-electron chi connectivity index (χ2n) is 5.60. The third-order valence-electron chi connectivity index (χ3n) is 3.75. The molecule has 0 fully saturated rings. The molecule has 1 aromatic heterocycles. The number of nitrogens with zero attached hydrogens (tertiary/aromatic N) is 2. The van der Waals surface area contributed by atoms with Crippen LogP contribution >= 0.6 is 27.5 Å². The summed E-state index contributed by atoms with van der Waals surface area (Å²) in [6.07, 6.45) is 1.52. The molecule has 0 atom stereocenters. The van der Waals surface area contributed by atoms with E-state index in [1.165, 1.54) is 10.9 Å². The number of halogens is 2. The Labute approximate surface area is 158 Å². The molecule has 2 N–H and O–H groups in total. The van der Waals surface area contributed by atoms with Gasteiger partial charge in [0.25, 0.3) is 5.56 Å². The van der Waals surface area contributed by atoms with Crippen molar-refractivity contribution in [1.82, 2.24) is 9.78 Å². The maximum absolute atomic E-state index is 12.7. The molecule has 25 heavy (non-hydrogen) atoms. The smallest absolute Gasteiger partial charge is 0.280 e. The van der Waals surface area contributed by atoms with Crippen LogP contribution in [-0.4, -0.2) is 16.0 Å². The van der Waals surface area contributed by atoms with Crippen LogP contribution in [0.25, 0.3) is 5.69 Å². The normalized spacial score (nSPS) is 11.2. The van der Waals surface area contributed by atoms with Gasteiger partial charge < -0.3 is 0 Å². The summed E-state index contributed by atoms with van der Waals surface area (Å²) >= 11 is 9.31. The van der Waals surface area contributed by atoms with Crippen molar-refractivity contribution >= 4 is 39.4 Å². The van der Waals surface area contributed by atoms with Gasteiger partial charge in [0.15, 0.2) is 0 Å². The molecular formula is C18H16BrClN4O. The Morgan fingerprint density at radius 3 is 2.60 bits per heavy atom. The quantitative estimate of drug-likeness (QED) is 0.478. The lowest BCUT2D eigenvalue weighted by Crippen LogP contribution is -2.17. The lowest BCUT2D eigenvalue weighted by molar-refractivity contribution is 0.834. The molecular weight excluding hydrogens is 404 g/mol. The van der Waals surface area contributed by atoms with Crippen LogP contribution in [0.2, 0.25) is 5.02 Å². The molecule has 3 rings (SSSR count). The first-order valence-electron chi connectivity index (χ1n) is 7.58. The van der Waals surface area contributed by atoms with Gasteiger partial charge in [-0.1, -0.05) is 27.5 Å². The minimum atomic E-state index is -0.152. The van der Waals surface area contributed by atoms with Crippen LogP contribution in [0.3, 0.4) is 0 Å². The molecule has 0 unspecified atom stereocenters. The molecule has 0 aliphatic carbocycles. The molecule has 1 heterocycles. The van der Waals surface area contributed by atoms with E-state index in [2.05, 4.69) is 31.6 Å². The number of aryl methyl sites for hydroxylation is 2. The number of hydrogen-bond donors (Lipinski definition) is 2. The summed E-state index contributed by atoms with van der Waals surface area (Å²) in [6, 6.07) is 12.9. The zero-order chi connectivity index (χ0) is 18.0. The Kier molecular flexibility index (Phi) is 5.11. The highest BCUT2D eigenvalue weighted by Crippen LogP contribution is 2.19. The van der Waals surface area contributed by atoms with Crippen LogP contribution in [0, 0.1) is 13.8 Å². The van der Waals surface area contributed by atoms with Crippen molar-refractivity contribution in [2.75, 3.05) is 5.43 Å². The van der Waals surface area contributed by atoms with E-state index in [-0.39, 0.29) is 5.56 Å². The van der Waals surface area contributed by atoms with Crippen molar-refractivity contribution in [3.8, 4) is 5.69 Å². The van der Waals surface area contributed by atoms with E-state index < -0.39 is 0 Å². The first kappa shape index (κ1) is 17.5. The van der Waals surface area contributed by atoms with Crippen molar-refractivity contribution in [2.45, 2.75) is 13.8 Å². The molecule has 128 valence electrons. The molecule has 3 aromatic rings. The third-order valence-corrected chi connectivity index (χ3v) is 4.89. The molecule has 0 spiro atoms. The van der Waals surface area contributed by atoms with E-state index in [9.17, 15) is 4.79 Å². The van der Waals surface area contributed by atoms with Gasteiger partial charge in [-0.25, -0.2) is 4.68 Å². The Hall–Kier alpha value is -2.31. The Balaban J connectivity index is 1.86. The van der Waals surface area contributed by atoms with Gasteiger partial charge >= 0.3 is 0 Å². The van der Waals surface area contributed by atoms with Crippen molar-refractivity contribution in [2.24, 2.45) is 5.10 Å². The predicted molar refractivity (Wildman–Crippen MR) is 106 cm³/mol. The van der Waals surface area contributed by atoms with E-state index in [1.807, 2.05) is 44.2 Å². The minimum absolute atomic E-state index is 0.152. The highest BCUT2D eigenvalue weighted by molar-refractivity contribution is 9.10. The van der Waals surface area contributed by atoms with Gasteiger partial charge in [-0.2, -0.15) is 5.10 Å². The summed E-state index contributed by atoms with van der Waals surface area (Å²) in [6.45, 7) is 3.82. The lowest BCUT2D eigenvalue weighted by Gasteiger charge is -2.04. The number of H-pyrrole nitrogens is 1. The second-order valence-corrected chi connectivity index (χ2v) is 6.89. The molecule has 0 amide bonds. The molecule has 7 heteroatoms. The second kappa shape index (κ2) is 7.29. The third kappa shape index (κ3) is 3.86. The number of hydrogen-bond acceptors (Lipinski definition) is 3. The SMILES string of the molecule is Cc1cc(-n2[nH]c(C)c(C=NNc3ccc(Cl)cc3)c2=O)ccc1Br. The number of aromatic amines is 1. The summed E-state index contributed by atoms with van der Waals surface area (Å²) in [5.74, 6) is 0. The molecule has 2 aromatic carbocycles.